The first kappa shape index (κ1) is 17.7. The summed E-state index contributed by atoms with van der Waals surface area (Å²) < 4.78 is 0. The molecule has 0 unspecified atom stereocenters. The lowest BCUT2D eigenvalue weighted by atomic mass is 9.88. The number of nitrogens with one attached hydrogen (secondary N) is 1. The summed E-state index contributed by atoms with van der Waals surface area (Å²) in [6, 6.07) is 3.50. The summed E-state index contributed by atoms with van der Waals surface area (Å²) in [6.07, 6.45) is 10.5. The second-order valence-electron chi connectivity index (χ2n) is 8.63. The third-order valence-corrected chi connectivity index (χ3v) is 5.69. The van der Waals surface area contributed by atoms with Crippen molar-refractivity contribution in [2.75, 3.05) is 18.4 Å². The van der Waals surface area contributed by atoms with Gasteiger partial charge in [0, 0.05) is 37.6 Å². The van der Waals surface area contributed by atoms with Gasteiger partial charge in [0.15, 0.2) is 0 Å². The highest BCUT2D eigenvalue weighted by Gasteiger charge is 2.28. The molecule has 0 amide bonds. The number of aliphatic hydroxyl groups is 1. The molecule has 1 saturated carbocycles. The van der Waals surface area contributed by atoms with E-state index in [0.717, 1.165) is 31.4 Å². The van der Waals surface area contributed by atoms with Crippen LogP contribution in [-0.2, 0) is 5.41 Å². The lowest BCUT2D eigenvalue weighted by molar-refractivity contribution is 0.0633. The van der Waals surface area contributed by atoms with E-state index in [1.807, 2.05) is 12.4 Å². The Morgan fingerprint density at radius 1 is 1.04 bits per heavy atom. The van der Waals surface area contributed by atoms with E-state index in [1.54, 1.807) is 0 Å². The van der Waals surface area contributed by atoms with Gasteiger partial charge in [-0.2, -0.15) is 0 Å². The molecule has 4 heteroatoms. The fourth-order valence-electron chi connectivity index (χ4n) is 4.00. The van der Waals surface area contributed by atoms with Crippen molar-refractivity contribution >= 4 is 5.69 Å². The van der Waals surface area contributed by atoms with Crippen LogP contribution in [0.15, 0.2) is 18.5 Å². The van der Waals surface area contributed by atoms with Crippen molar-refractivity contribution < 1.29 is 5.11 Å². The van der Waals surface area contributed by atoms with Crippen molar-refractivity contribution in [1.82, 2.24) is 9.88 Å². The molecule has 2 aliphatic rings. The highest BCUT2D eigenvalue weighted by Crippen LogP contribution is 2.28. The molecule has 0 atom stereocenters. The van der Waals surface area contributed by atoms with Crippen LogP contribution in [0.3, 0.4) is 0 Å². The van der Waals surface area contributed by atoms with Crippen LogP contribution in [0.5, 0.6) is 0 Å². The zero-order valence-electron chi connectivity index (χ0n) is 15.5. The van der Waals surface area contributed by atoms with E-state index in [2.05, 4.69) is 42.0 Å². The largest absolute Gasteiger partial charge is 0.393 e. The van der Waals surface area contributed by atoms with E-state index in [9.17, 15) is 5.11 Å². The van der Waals surface area contributed by atoms with Gasteiger partial charge in [-0.25, -0.2) is 0 Å². The van der Waals surface area contributed by atoms with E-state index in [0.29, 0.717) is 12.1 Å². The van der Waals surface area contributed by atoms with Gasteiger partial charge in [-0.3, -0.25) is 4.98 Å². The molecular weight excluding hydrogens is 298 g/mol. The first-order chi connectivity index (χ1) is 11.4. The van der Waals surface area contributed by atoms with Gasteiger partial charge in [-0.1, -0.05) is 20.8 Å². The summed E-state index contributed by atoms with van der Waals surface area (Å²) in [5.41, 5.74) is 2.58. The van der Waals surface area contributed by atoms with Crippen LogP contribution in [-0.4, -0.2) is 46.3 Å². The Kier molecular flexibility index (Phi) is 5.46. The normalized spacial score (nSPS) is 27.2. The van der Waals surface area contributed by atoms with Gasteiger partial charge in [0.25, 0.3) is 0 Å². The average molecular weight is 332 g/mol. The van der Waals surface area contributed by atoms with Crippen LogP contribution in [0.2, 0.25) is 0 Å². The van der Waals surface area contributed by atoms with Crippen LogP contribution in [0.1, 0.15) is 64.9 Å². The van der Waals surface area contributed by atoms with Gasteiger partial charge in [0.1, 0.15) is 0 Å². The number of rotatable bonds is 3. The second kappa shape index (κ2) is 7.40. The monoisotopic (exact) mass is 331 g/mol. The molecule has 1 aromatic heterocycles. The number of hydrogen-bond donors (Lipinski definition) is 2. The molecule has 0 radical (unpaired) electrons. The number of anilines is 1. The maximum absolute atomic E-state index is 9.68. The lowest BCUT2D eigenvalue weighted by Crippen LogP contribution is -2.46. The van der Waals surface area contributed by atoms with Crippen molar-refractivity contribution in [1.29, 1.82) is 0 Å². The summed E-state index contributed by atoms with van der Waals surface area (Å²) >= 11 is 0. The number of likely N-dealkylation sites (tertiary alicyclic amines) is 1. The van der Waals surface area contributed by atoms with Crippen molar-refractivity contribution in [2.24, 2.45) is 0 Å². The molecule has 1 aromatic rings. The van der Waals surface area contributed by atoms with Gasteiger partial charge < -0.3 is 15.3 Å². The number of hydrogen-bond acceptors (Lipinski definition) is 4. The Morgan fingerprint density at radius 3 is 2.33 bits per heavy atom. The number of aliphatic hydroxyl groups excluding tert-OH is 1. The molecular formula is C20H33N3O. The molecule has 2 heterocycles. The molecule has 4 nitrogen and oxygen atoms in total. The zero-order chi connectivity index (χ0) is 17.2. The number of nitrogens with zero attached hydrogens (tertiary/aromatic N) is 2. The summed E-state index contributed by atoms with van der Waals surface area (Å²) in [6.45, 7) is 9.03. The molecule has 3 rings (SSSR count). The molecule has 0 spiro atoms. The topological polar surface area (TPSA) is 48.4 Å². The van der Waals surface area contributed by atoms with Crippen LogP contribution in [0.4, 0.5) is 5.69 Å². The SMILES string of the molecule is CC(C)(C)c1cncc(NC2CCN(C3CCC(O)CC3)CC2)c1. The predicted molar refractivity (Wildman–Crippen MR) is 99.4 cm³/mol. The van der Waals surface area contributed by atoms with Crippen molar-refractivity contribution in [3.63, 3.8) is 0 Å². The Bertz CT molecular complexity index is 524. The van der Waals surface area contributed by atoms with E-state index in [-0.39, 0.29) is 11.5 Å². The first-order valence-electron chi connectivity index (χ1n) is 9.56. The molecule has 1 aliphatic carbocycles. The average Bonchev–Trinajstić information content (AvgIpc) is 2.56. The van der Waals surface area contributed by atoms with Gasteiger partial charge in [0.05, 0.1) is 11.8 Å². The highest BCUT2D eigenvalue weighted by molar-refractivity contribution is 5.45. The molecule has 1 saturated heterocycles. The van der Waals surface area contributed by atoms with E-state index in [4.69, 9.17) is 0 Å². The van der Waals surface area contributed by atoms with E-state index in [1.165, 1.54) is 31.5 Å². The number of pyridine rings is 1. The maximum atomic E-state index is 9.68. The molecule has 134 valence electrons. The van der Waals surface area contributed by atoms with Gasteiger partial charge in [-0.05, 0) is 55.6 Å². The summed E-state index contributed by atoms with van der Waals surface area (Å²) in [7, 11) is 0. The standard InChI is InChI=1S/C20H33N3O/c1-20(2,3)15-12-17(14-21-13-15)22-16-8-10-23(11-9-16)18-4-6-19(24)7-5-18/h12-14,16,18-19,22,24H,4-11H2,1-3H3. The quantitative estimate of drug-likeness (QED) is 0.889. The smallest absolute Gasteiger partial charge is 0.0541 e. The Hall–Kier alpha value is -1.13. The van der Waals surface area contributed by atoms with Crippen molar-refractivity contribution in [3.05, 3.63) is 24.0 Å². The van der Waals surface area contributed by atoms with Crippen LogP contribution in [0.25, 0.3) is 0 Å². The summed E-state index contributed by atoms with van der Waals surface area (Å²) in [5, 5.41) is 13.4. The van der Waals surface area contributed by atoms with Crippen LogP contribution < -0.4 is 5.32 Å². The third kappa shape index (κ3) is 4.48. The number of aromatic nitrogens is 1. The molecule has 0 aromatic carbocycles. The fourth-order valence-corrected chi connectivity index (χ4v) is 4.00. The van der Waals surface area contributed by atoms with Crippen molar-refractivity contribution in [2.45, 2.75) is 82.9 Å². The maximum Gasteiger partial charge on any atom is 0.0541 e. The fraction of sp³-hybridized carbons (Fsp3) is 0.750. The molecule has 1 aliphatic heterocycles. The highest BCUT2D eigenvalue weighted by atomic mass is 16.3. The zero-order valence-corrected chi connectivity index (χ0v) is 15.5. The Balaban J connectivity index is 1.51. The Labute approximate surface area is 146 Å². The summed E-state index contributed by atoms with van der Waals surface area (Å²) in [4.78, 5) is 7.06. The molecule has 24 heavy (non-hydrogen) atoms. The van der Waals surface area contributed by atoms with Crippen LogP contribution >= 0.6 is 0 Å². The third-order valence-electron chi connectivity index (χ3n) is 5.69. The summed E-state index contributed by atoms with van der Waals surface area (Å²) in [5.74, 6) is 0. The molecule has 2 N–H and O–H groups in total. The minimum atomic E-state index is -0.0527. The second-order valence-corrected chi connectivity index (χ2v) is 8.63. The lowest BCUT2D eigenvalue weighted by Gasteiger charge is -2.40. The first-order valence-corrected chi connectivity index (χ1v) is 9.56. The van der Waals surface area contributed by atoms with Gasteiger partial charge >= 0.3 is 0 Å². The minimum absolute atomic E-state index is 0.0527. The van der Waals surface area contributed by atoms with Gasteiger partial charge in [-0.15, -0.1) is 0 Å². The number of piperidine rings is 1. The minimum Gasteiger partial charge on any atom is -0.393 e. The predicted octanol–water partition coefficient (Wildman–Crippen LogP) is 3.56. The van der Waals surface area contributed by atoms with E-state index < -0.39 is 0 Å². The molecule has 2 fully saturated rings. The Morgan fingerprint density at radius 2 is 1.71 bits per heavy atom. The molecule has 0 bridgehead atoms. The van der Waals surface area contributed by atoms with Crippen LogP contribution in [0, 0.1) is 0 Å². The van der Waals surface area contributed by atoms with E-state index >= 15 is 0 Å². The van der Waals surface area contributed by atoms with Gasteiger partial charge in [0.2, 0.25) is 0 Å². The van der Waals surface area contributed by atoms with Crippen molar-refractivity contribution in [3.8, 4) is 0 Å².